The van der Waals surface area contributed by atoms with E-state index in [9.17, 15) is 30.0 Å². The van der Waals surface area contributed by atoms with Crippen LogP contribution in [0.25, 0.3) is 0 Å². The number of nitrogens with zero attached hydrogens (tertiary/aromatic N) is 1. The van der Waals surface area contributed by atoms with Crippen molar-refractivity contribution in [2.45, 2.75) is 181 Å². The minimum Gasteiger partial charge on any atom is -0.459 e. The summed E-state index contributed by atoms with van der Waals surface area (Å²) in [5.41, 5.74) is -2.46. The number of Topliss-reactive ketones (excluding diaryl/α,β-unsaturated/α-hetero) is 1. The molecular weight excluding hydrogens is 662 g/mol. The maximum absolute atomic E-state index is 14.1. The second-order valence-corrected chi connectivity index (χ2v) is 16.5. The first kappa shape index (κ1) is 44.1. The van der Waals surface area contributed by atoms with Gasteiger partial charge in [0, 0.05) is 42.7 Å². The van der Waals surface area contributed by atoms with E-state index < -0.39 is 102 Å². The van der Waals surface area contributed by atoms with Gasteiger partial charge in [0.05, 0.1) is 48.6 Å². The van der Waals surface area contributed by atoms with Crippen LogP contribution >= 0.6 is 0 Å². The standard InChI is InChI=1S/C38H69NO12/c1-14-27-38(10,45)33(42)21(5)29(40)19(3)16-26(46-13)32(51-36-30(41)25(39(11)12)17-20(4)47-36)22(6)31(23(7)35(44)49-27)50-28-18-37(9,15-2)34(43)24(8)48-28/h19-28,30-34,36,41-43,45H,14-18H2,1-13H3/t19-,20-,21+,22+,23-,24+,25+,26?,27?,28?,30-,31+,32-,33-,34+,36+,37-,38-/m1/s1. The monoisotopic (exact) mass is 731 g/mol. The fourth-order valence-electron chi connectivity index (χ4n) is 8.41. The number of esters is 1. The summed E-state index contributed by atoms with van der Waals surface area (Å²) < 4.78 is 38.0. The average Bonchev–Trinajstić information content (AvgIpc) is 3.08. The fraction of sp³-hybridized carbons (Fsp3) is 0.947. The molecule has 13 heteroatoms. The first-order valence-corrected chi connectivity index (χ1v) is 19.0. The van der Waals surface area contributed by atoms with Gasteiger partial charge >= 0.3 is 5.97 Å². The van der Waals surface area contributed by atoms with Crippen LogP contribution in [-0.4, -0.2) is 137 Å². The molecule has 0 radical (unpaired) electrons. The SMILES string of the molecule is CCC1OC(=O)[C@H](C)[C@@H](OC2C[C@@](C)(CC)[C@@H](O)[C@H](C)O2)[C@H](C)[C@@H](O[C@@H]2O[C@H](C)C[C@H](N(C)C)[C@H]2O)C(OC)C[C@@H](C)C(=O)[C@H](C)[C@@H](O)[C@]1(C)O. The highest BCUT2D eigenvalue weighted by molar-refractivity contribution is 5.83. The summed E-state index contributed by atoms with van der Waals surface area (Å²) >= 11 is 0. The largest absolute Gasteiger partial charge is 0.459 e. The lowest BCUT2D eigenvalue weighted by Gasteiger charge is -2.48. The maximum Gasteiger partial charge on any atom is 0.311 e. The van der Waals surface area contributed by atoms with Crippen molar-refractivity contribution in [3.63, 3.8) is 0 Å². The molecule has 18 atom stereocenters. The molecule has 0 amide bonds. The van der Waals surface area contributed by atoms with Crippen molar-refractivity contribution >= 4 is 11.8 Å². The number of ketones is 1. The number of cyclic esters (lactones) is 1. The van der Waals surface area contributed by atoms with Crippen LogP contribution in [0.3, 0.4) is 0 Å². The van der Waals surface area contributed by atoms with E-state index in [1.807, 2.05) is 46.7 Å². The third-order valence-corrected chi connectivity index (χ3v) is 12.3. The van der Waals surface area contributed by atoms with Crippen LogP contribution in [0.2, 0.25) is 0 Å². The molecule has 0 aliphatic carbocycles. The van der Waals surface area contributed by atoms with E-state index in [2.05, 4.69) is 0 Å². The zero-order valence-corrected chi connectivity index (χ0v) is 33.3. The minimum atomic E-state index is -1.94. The van der Waals surface area contributed by atoms with Crippen LogP contribution in [-0.2, 0) is 38.0 Å². The molecule has 3 rings (SSSR count). The number of ether oxygens (including phenoxy) is 6. The Balaban J connectivity index is 2.17. The molecule has 51 heavy (non-hydrogen) atoms. The van der Waals surface area contributed by atoms with E-state index in [0.717, 1.165) is 0 Å². The van der Waals surface area contributed by atoms with Crippen molar-refractivity contribution in [3.8, 4) is 0 Å². The van der Waals surface area contributed by atoms with Gasteiger partial charge in [0.1, 0.15) is 23.6 Å². The number of aliphatic hydroxyl groups is 4. The Morgan fingerprint density at radius 2 is 1.51 bits per heavy atom. The van der Waals surface area contributed by atoms with E-state index in [0.29, 0.717) is 19.3 Å². The van der Waals surface area contributed by atoms with E-state index in [1.54, 1.807) is 34.6 Å². The highest BCUT2D eigenvalue weighted by Crippen LogP contribution is 2.42. The van der Waals surface area contributed by atoms with Crippen molar-refractivity contribution in [3.05, 3.63) is 0 Å². The molecule has 0 aromatic heterocycles. The number of rotatable bonds is 8. The number of carbonyl (C=O) groups is 2. The van der Waals surface area contributed by atoms with Gasteiger partial charge in [0.15, 0.2) is 12.6 Å². The van der Waals surface area contributed by atoms with Gasteiger partial charge in [-0.25, -0.2) is 0 Å². The van der Waals surface area contributed by atoms with Crippen LogP contribution < -0.4 is 0 Å². The summed E-state index contributed by atoms with van der Waals surface area (Å²) in [6, 6.07) is -0.258. The van der Waals surface area contributed by atoms with Crippen LogP contribution in [0.1, 0.15) is 101 Å². The highest BCUT2D eigenvalue weighted by Gasteiger charge is 2.51. The molecule has 0 bridgehead atoms. The molecule has 4 N–H and O–H groups in total. The predicted molar refractivity (Wildman–Crippen MR) is 189 cm³/mol. The van der Waals surface area contributed by atoms with E-state index in [4.69, 9.17) is 28.4 Å². The number of methoxy groups -OCH3 is 1. The fourth-order valence-corrected chi connectivity index (χ4v) is 8.41. The minimum absolute atomic E-state index is 0.166. The van der Waals surface area contributed by atoms with Gasteiger partial charge in [-0.15, -0.1) is 0 Å². The Labute approximate surface area is 305 Å². The zero-order chi connectivity index (χ0) is 38.7. The van der Waals surface area contributed by atoms with Gasteiger partial charge in [-0.2, -0.15) is 0 Å². The normalized spacial score (nSPS) is 48.3. The number of likely N-dealkylation sites (N-methyl/N-ethyl adjacent to an activating group) is 1. The lowest BCUT2D eigenvalue weighted by molar-refractivity contribution is -0.305. The van der Waals surface area contributed by atoms with Crippen LogP contribution in [0.15, 0.2) is 0 Å². The van der Waals surface area contributed by atoms with Gasteiger partial charge in [0.25, 0.3) is 0 Å². The third-order valence-electron chi connectivity index (χ3n) is 12.3. The summed E-state index contributed by atoms with van der Waals surface area (Å²) in [4.78, 5) is 29.9. The molecule has 3 aliphatic rings. The molecule has 298 valence electrons. The second kappa shape index (κ2) is 17.9. The van der Waals surface area contributed by atoms with Gasteiger partial charge in [-0.1, -0.05) is 41.5 Å². The average molecular weight is 732 g/mol. The summed E-state index contributed by atoms with van der Waals surface area (Å²) in [6.07, 6.45) is -7.69. The summed E-state index contributed by atoms with van der Waals surface area (Å²) in [5, 5.41) is 45.5. The molecule has 3 saturated heterocycles. The molecule has 3 heterocycles. The Morgan fingerprint density at radius 1 is 0.882 bits per heavy atom. The second-order valence-electron chi connectivity index (χ2n) is 16.5. The van der Waals surface area contributed by atoms with Gasteiger partial charge in [-0.05, 0) is 67.5 Å². The van der Waals surface area contributed by atoms with Crippen molar-refractivity contribution in [2.24, 2.45) is 29.1 Å². The van der Waals surface area contributed by atoms with Crippen molar-refractivity contribution in [1.82, 2.24) is 4.90 Å². The topological polar surface area (TPSA) is 174 Å². The van der Waals surface area contributed by atoms with Gasteiger partial charge in [-0.3, -0.25) is 9.59 Å². The van der Waals surface area contributed by atoms with E-state index in [1.165, 1.54) is 14.0 Å². The number of hydrogen-bond acceptors (Lipinski definition) is 13. The van der Waals surface area contributed by atoms with Crippen molar-refractivity contribution < 1.29 is 58.4 Å². The van der Waals surface area contributed by atoms with Crippen LogP contribution in [0.5, 0.6) is 0 Å². The Hall–Kier alpha value is -1.26. The molecule has 0 spiro atoms. The Bertz CT molecular complexity index is 1140. The van der Waals surface area contributed by atoms with Crippen molar-refractivity contribution in [1.29, 1.82) is 0 Å². The zero-order valence-electron chi connectivity index (χ0n) is 33.3. The van der Waals surface area contributed by atoms with Crippen LogP contribution in [0.4, 0.5) is 0 Å². The molecular formula is C38H69NO12. The first-order chi connectivity index (χ1) is 23.6. The third kappa shape index (κ3) is 9.71. The summed E-state index contributed by atoms with van der Waals surface area (Å²) in [7, 11) is 5.29. The van der Waals surface area contributed by atoms with Gasteiger partial charge < -0.3 is 53.7 Å². The quantitative estimate of drug-likeness (QED) is 0.269. The predicted octanol–water partition coefficient (Wildman–Crippen LogP) is 3.06. The molecule has 3 fully saturated rings. The highest BCUT2D eigenvalue weighted by atomic mass is 16.7. The van der Waals surface area contributed by atoms with Crippen molar-refractivity contribution in [2.75, 3.05) is 21.2 Å². The number of hydrogen-bond donors (Lipinski definition) is 4. The molecule has 3 unspecified atom stereocenters. The van der Waals surface area contributed by atoms with E-state index in [-0.39, 0.29) is 30.8 Å². The number of aliphatic hydroxyl groups excluding tert-OH is 3. The maximum atomic E-state index is 14.1. The Kier molecular flexibility index (Phi) is 15.5. The molecule has 0 aromatic carbocycles. The van der Waals surface area contributed by atoms with Gasteiger partial charge in [0.2, 0.25) is 0 Å². The van der Waals surface area contributed by atoms with Crippen LogP contribution in [0, 0.1) is 29.1 Å². The summed E-state index contributed by atoms with van der Waals surface area (Å²) in [6.45, 7) is 17.7. The first-order valence-electron chi connectivity index (χ1n) is 19.0. The lowest BCUT2D eigenvalue weighted by Crippen LogP contribution is -2.59. The summed E-state index contributed by atoms with van der Waals surface area (Å²) in [5.74, 6) is -4.21. The molecule has 3 aliphatic heterocycles. The molecule has 0 aromatic rings. The number of carbonyl (C=O) groups excluding carboxylic acids is 2. The smallest absolute Gasteiger partial charge is 0.311 e. The lowest BCUT2D eigenvalue weighted by atomic mass is 9.74. The Morgan fingerprint density at radius 3 is 2.06 bits per heavy atom. The molecule has 13 nitrogen and oxygen atoms in total. The molecule has 0 saturated carbocycles. The van der Waals surface area contributed by atoms with E-state index >= 15 is 0 Å².